The van der Waals surface area contributed by atoms with E-state index in [1.165, 1.54) is 11.6 Å². The lowest BCUT2D eigenvalue weighted by atomic mass is 9.98. The lowest BCUT2D eigenvalue weighted by Gasteiger charge is -2.33. The van der Waals surface area contributed by atoms with Crippen LogP contribution in [0.2, 0.25) is 0 Å². The Hall–Kier alpha value is -2.93. The SMILES string of the molecule is OCC1CCCN(c2cc(N3CC=C(c4c[nH]c5cc(F)ccc45)CC3)ncn2)C1. The molecule has 0 bridgehead atoms. The number of aromatic amines is 1. The number of hydrogen-bond acceptors (Lipinski definition) is 5. The fourth-order valence-corrected chi connectivity index (χ4v) is 4.59. The van der Waals surface area contributed by atoms with E-state index in [0.717, 1.165) is 73.5 Å². The number of hydrogen-bond donors (Lipinski definition) is 2. The van der Waals surface area contributed by atoms with Gasteiger partial charge in [0.15, 0.2) is 0 Å². The zero-order valence-corrected chi connectivity index (χ0v) is 16.9. The highest BCUT2D eigenvalue weighted by atomic mass is 19.1. The van der Waals surface area contributed by atoms with Crippen LogP contribution in [-0.4, -0.2) is 52.8 Å². The van der Waals surface area contributed by atoms with Crippen molar-refractivity contribution in [3.63, 3.8) is 0 Å². The van der Waals surface area contributed by atoms with Crippen molar-refractivity contribution in [3.05, 3.63) is 54.2 Å². The Morgan fingerprint density at radius 3 is 2.80 bits per heavy atom. The molecule has 2 N–H and O–H groups in total. The van der Waals surface area contributed by atoms with Crippen molar-refractivity contribution in [1.29, 1.82) is 0 Å². The summed E-state index contributed by atoms with van der Waals surface area (Å²) in [6.45, 7) is 3.69. The standard InChI is InChI=1S/C23H26FN5O/c24-18-3-4-19-20(12-25-21(19)10-18)17-5-8-28(9-6-17)22-11-23(27-15-26-22)29-7-1-2-16(13-29)14-30/h3-5,10-12,15-16,25,30H,1-2,6-9,13-14H2. The molecule has 3 aromatic rings. The molecule has 0 aliphatic carbocycles. The number of nitrogens with zero attached hydrogens (tertiary/aromatic N) is 4. The fourth-order valence-electron chi connectivity index (χ4n) is 4.59. The highest BCUT2D eigenvalue weighted by Crippen LogP contribution is 2.31. The second-order valence-electron chi connectivity index (χ2n) is 8.19. The summed E-state index contributed by atoms with van der Waals surface area (Å²) in [6.07, 6.45) is 8.91. The van der Waals surface area contributed by atoms with Crippen molar-refractivity contribution in [1.82, 2.24) is 15.0 Å². The monoisotopic (exact) mass is 407 g/mol. The highest BCUT2D eigenvalue weighted by Gasteiger charge is 2.22. The van der Waals surface area contributed by atoms with Gasteiger partial charge in [-0.1, -0.05) is 6.08 Å². The summed E-state index contributed by atoms with van der Waals surface area (Å²) in [7, 11) is 0. The van der Waals surface area contributed by atoms with E-state index in [1.54, 1.807) is 12.4 Å². The van der Waals surface area contributed by atoms with Crippen LogP contribution in [0.4, 0.5) is 16.0 Å². The molecule has 1 fully saturated rings. The summed E-state index contributed by atoms with van der Waals surface area (Å²) in [5, 5.41) is 10.6. The van der Waals surface area contributed by atoms with E-state index in [4.69, 9.17) is 0 Å². The van der Waals surface area contributed by atoms with Crippen molar-refractivity contribution in [3.8, 4) is 0 Å². The number of halogens is 1. The maximum Gasteiger partial charge on any atom is 0.134 e. The van der Waals surface area contributed by atoms with Crippen molar-refractivity contribution in [2.75, 3.05) is 42.6 Å². The fraction of sp³-hybridized carbons (Fsp3) is 0.391. The number of aliphatic hydroxyl groups excluding tert-OH is 1. The minimum Gasteiger partial charge on any atom is -0.396 e. The normalized spacial score (nSPS) is 19.9. The van der Waals surface area contributed by atoms with Gasteiger partial charge in [-0.3, -0.25) is 0 Å². The third-order valence-corrected chi connectivity index (χ3v) is 6.26. The first-order valence-electron chi connectivity index (χ1n) is 10.6. The van der Waals surface area contributed by atoms with E-state index in [9.17, 15) is 9.50 Å². The number of H-pyrrole nitrogens is 1. The van der Waals surface area contributed by atoms with Crippen molar-refractivity contribution < 1.29 is 9.50 Å². The van der Waals surface area contributed by atoms with Crippen molar-refractivity contribution >= 4 is 28.1 Å². The molecule has 2 aromatic heterocycles. The molecule has 30 heavy (non-hydrogen) atoms. The quantitative estimate of drug-likeness (QED) is 0.692. The van der Waals surface area contributed by atoms with E-state index in [2.05, 4.69) is 36.9 Å². The molecule has 1 unspecified atom stereocenters. The predicted molar refractivity (Wildman–Crippen MR) is 117 cm³/mol. The number of fused-ring (bicyclic) bond motifs is 1. The van der Waals surface area contributed by atoms with Crippen LogP contribution in [0, 0.1) is 11.7 Å². The van der Waals surface area contributed by atoms with Crippen molar-refractivity contribution in [2.45, 2.75) is 19.3 Å². The highest BCUT2D eigenvalue weighted by molar-refractivity contribution is 5.93. The maximum absolute atomic E-state index is 13.5. The van der Waals surface area contributed by atoms with Crippen LogP contribution in [0.1, 0.15) is 24.8 Å². The summed E-state index contributed by atoms with van der Waals surface area (Å²) in [4.78, 5) is 16.7. The van der Waals surface area contributed by atoms with Crippen LogP contribution in [0.25, 0.3) is 16.5 Å². The van der Waals surface area contributed by atoms with E-state index in [-0.39, 0.29) is 12.4 Å². The Morgan fingerprint density at radius 2 is 2.00 bits per heavy atom. The number of benzene rings is 1. The molecule has 1 saturated heterocycles. The average Bonchev–Trinajstić information content (AvgIpc) is 3.22. The Labute approximate surface area is 175 Å². The molecule has 6 nitrogen and oxygen atoms in total. The molecule has 1 aromatic carbocycles. The van der Waals surface area contributed by atoms with E-state index in [1.807, 2.05) is 12.3 Å². The molecule has 0 radical (unpaired) electrons. The molecule has 1 atom stereocenters. The summed E-state index contributed by atoms with van der Waals surface area (Å²) in [5.74, 6) is 1.97. The first-order chi connectivity index (χ1) is 14.7. The molecule has 0 spiro atoms. The van der Waals surface area contributed by atoms with Crippen LogP contribution >= 0.6 is 0 Å². The lowest BCUT2D eigenvalue weighted by Crippen LogP contribution is -2.37. The molecular weight excluding hydrogens is 381 g/mol. The summed E-state index contributed by atoms with van der Waals surface area (Å²) in [5.41, 5.74) is 3.26. The van der Waals surface area contributed by atoms with Crippen LogP contribution < -0.4 is 9.80 Å². The molecule has 2 aliphatic rings. The number of anilines is 2. The lowest BCUT2D eigenvalue weighted by molar-refractivity contribution is 0.208. The Kier molecular flexibility index (Phi) is 5.12. The van der Waals surface area contributed by atoms with E-state index < -0.39 is 0 Å². The first-order valence-corrected chi connectivity index (χ1v) is 10.6. The van der Waals surface area contributed by atoms with Gasteiger partial charge in [-0.15, -0.1) is 0 Å². The topological polar surface area (TPSA) is 68.3 Å². The van der Waals surface area contributed by atoms with Gasteiger partial charge in [-0.2, -0.15) is 0 Å². The molecule has 4 heterocycles. The molecule has 7 heteroatoms. The van der Waals surface area contributed by atoms with Gasteiger partial charge in [0.1, 0.15) is 23.8 Å². The third kappa shape index (κ3) is 3.65. The van der Waals surface area contributed by atoms with Crippen LogP contribution in [0.15, 0.2) is 42.9 Å². The molecule has 0 amide bonds. The Bertz CT molecular complexity index is 1080. The van der Waals surface area contributed by atoms with Gasteiger partial charge in [0.05, 0.1) is 0 Å². The van der Waals surface area contributed by atoms with Gasteiger partial charge in [-0.05, 0) is 49.0 Å². The largest absolute Gasteiger partial charge is 0.396 e. The average molecular weight is 407 g/mol. The smallest absolute Gasteiger partial charge is 0.134 e. The van der Waals surface area contributed by atoms with Crippen molar-refractivity contribution in [2.24, 2.45) is 5.92 Å². The Morgan fingerprint density at radius 1 is 1.13 bits per heavy atom. The summed E-state index contributed by atoms with van der Waals surface area (Å²) >= 11 is 0. The molecule has 2 aliphatic heterocycles. The van der Waals surface area contributed by atoms with Crippen LogP contribution in [0.5, 0.6) is 0 Å². The third-order valence-electron chi connectivity index (χ3n) is 6.26. The summed E-state index contributed by atoms with van der Waals surface area (Å²) < 4.78 is 13.5. The number of aliphatic hydroxyl groups is 1. The minimum atomic E-state index is -0.224. The van der Waals surface area contributed by atoms with E-state index >= 15 is 0 Å². The van der Waals surface area contributed by atoms with Gasteiger partial charge in [-0.25, -0.2) is 14.4 Å². The second kappa shape index (κ2) is 8.07. The molecule has 156 valence electrons. The number of nitrogens with one attached hydrogen (secondary N) is 1. The number of aromatic nitrogens is 3. The minimum absolute atomic E-state index is 0.224. The number of rotatable bonds is 4. The zero-order chi connectivity index (χ0) is 20.5. The summed E-state index contributed by atoms with van der Waals surface area (Å²) in [6, 6.07) is 6.96. The zero-order valence-electron chi connectivity index (χ0n) is 16.9. The Balaban J connectivity index is 1.33. The van der Waals surface area contributed by atoms with Gasteiger partial charge in [0.2, 0.25) is 0 Å². The van der Waals surface area contributed by atoms with E-state index in [0.29, 0.717) is 5.92 Å². The molecule has 0 saturated carbocycles. The second-order valence-corrected chi connectivity index (χ2v) is 8.19. The van der Waals surface area contributed by atoms with Crippen LogP contribution in [0.3, 0.4) is 0 Å². The van der Waals surface area contributed by atoms with Gasteiger partial charge in [0.25, 0.3) is 0 Å². The van der Waals surface area contributed by atoms with Crippen LogP contribution in [-0.2, 0) is 0 Å². The maximum atomic E-state index is 13.5. The number of piperidine rings is 1. The van der Waals surface area contributed by atoms with Gasteiger partial charge in [0, 0.05) is 61.5 Å². The first kappa shape index (κ1) is 19.1. The molecular formula is C23H26FN5O. The molecule has 5 rings (SSSR count). The predicted octanol–water partition coefficient (Wildman–Crippen LogP) is 3.60. The van der Waals surface area contributed by atoms with Gasteiger partial charge < -0.3 is 19.9 Å². The van der Waals surface area contributed by atoms with Gasteiger partial charge >= 0.3 is 0 Å².